The van der Waals surface area contributed by atoms with Gasteiger partial charge < -0.3 is 15.4 Å². The van der Waals surface area contributed by atoms with Gasteiger partial charge in [-0.3, -0.25) is 0 Å². The molecule has 3 aromatic rings. The molecule has 2 heterocycles. The Balaban J connectivity index is 0.00000320. The van der Waals surface area contributed by atoms with E-state index in [1.54, 1.807) is 29.8 Å². The average molecular weight is 558 g/mol. The van der Waals surface area contributed by atoms with Crippen molar-refractivity contribution in [2.24, 2.45) is 4.99 Å². The molecule has 0 atom stereocenters. The molecular weight excluding hydrogens is 529 g/mol. The Kier molecular flexibility index (Phi) is 9.99. The zero-order chi connectivity index (χ0) is 20.6. The van der Waals surface area contributed by atoms with Crippen LogP contribution in [-0.2, 0) is 13.0 Å². The number of hydrogen-bond acceptors (Lipinski definition) is 6. The Bertz CT molecular complexity index is 933. The maximum Gasteiger partial charge on any atom is 0.191 e. The van der Waals surface area contributed by atoms with Crippen molar-refractivity contribution in [2.75, 3.05) is 20.2 Å². The van der Waals surface area contributed by atoms with Gasteiger partial charge in [-0.05, 0) is 45.0 Å². The monoisotopic (exact) mass is 557 g/mol. The van der Waals surface area contributed by atoms with Crippen LogP contribution in [0.5, 0.6) is 5.75 Å². The third-order valence-electron chi connectivity index (χ3n) is 4.34. The van der Waals surface area contributed by atoms with Gasteiger partial charge in [-0.15, -0.1) is 46.7 Å². The summed E-state index contributed by atoms with van der Waals surface area (Å²) in [4.78, 5) is 15.3. The Labute approximate surface area is 203 Å². The van der Waals surface area contributed by atoms with Crippen molar-refractivity contribution in [3.63, 3.8) is 0 Å². The summed E-state index contributed by atoms with van der Waals surface area (Å²) in [5, 5.41) is 10.9. The molecule has 0 amide bonds. The van der Waals surface area contributed by atoms with Crippen molar-refractivity contribution < 1.29 is 4.74 Å². The quantitative estimate of drug-likeness (QED) is 0.237. The van der Waals surface area contributed by atoms with E-state index in [0.29, 0.717) is 6.54 Å². The molecule has 6 nitrogen and oxygen atoms in total. The van der Waals surface area contributed by atoms with Crippen LogP contribution >= 0.6 is 46.7 Å². The zero-order valence-corrected chi connectivity index (χ0v) is 21.7. The molecule has 0 fully saturated rings. The van der Waals surface area contributed by atoms with Gasteiger partial charge in [0.05, 0.1) is 30.1 Å². The highest BCUT2D eigenvalue weighted by molar-refractivity contribution is 14.0. The van der Waals surface area contributed by atoms with Gasteiger partial charge in [0.2, 0.25) is 0 Å². The van der Waals surface area contributed by atoms with E-state index < -0.39 is 0 Å². The van der Waals surface area contributed by atoms with E-state index in [4.69, 9.17) is 9.72 Å². The van der Waals surface area contributed by atoms with Crippen LogP contribution in [-0.4, -0.2) is 36.1 Å². The summed E-state index contributed by atoms with van der Waals surface area (Å²) in [7, 11) is 1.67. The third-order valence-corrected chi connectivity index (χ3v) is 6.41. The summed E-state index contributed by atoms with van der Waals surface area (Å²) in [6, 6.07) is 7.96. The molecule has 0 aliphatic heterocycles. The van der Waals surface area contributed by atoms with Gasteiger partial charge in [0.25, 0.3) is 0 Å². The van der Waals surface area contributed by atoms with E-state index >= 15 is 0 Å². The van der Waals surface area contributed by atoms with Crippen LogP contribution in [0.15, 0.2) is 34.6 Å². The Morgan fingerprint density at radius 3 is 2.53 bits per heavy atom. The van der Waals surface area contributed by atoms with Crippen molar-refractivity contribution in [2.45, 2.75) is 33.7 Å². The molecule has 0 aliphatic rings. The second kappa shape index (κ2) is 12.2. The summed E-state index contributed by atoms with van der Waals surface area (Å²) in [5.41, 5.74) is 3.18. The molecule has 9 heteroatoms. The van der Waals surface area contributed by atoms with E-state index in [2.05, 4.69) is 46.8 Å². The standard InChI is InChI=1S/C21H27N5OS2.HI/c1-5-22-21(23-11-10-19-25-14(2)15(3)29-19)24-12-17-13-28-20(26-17)16-6-8-18(27-4)9-7-16;/h6-9,13H,5,10-12H2,1-4H3,(H2,22,23,24);1H. The molecule has 0 unspecified atom stereocenters. The Hall–Kier alpha value is -1.72. The molecule has 1 aromatic carbocycles. The number of halogens is 1. The van der Waals surface area contributed by atoms with Crippen molar-refractivity contribution in [1.29, 1.82) is 0 Å². The van der Waals surface area contributed by atoms with Crippen molar-refractivity contribution in [3.05, 3.63) is 50.9 Å². The van der Waals surface area contributed by atoms with E-state index in [9.17, 15) is 0 Å². The molecule has 0 saturated heterocycles. The molecule has 3 rings (SSSR count). The van der Waals surface area contributed by atoms with E-state index in [1.165, 1.54) is 4.88 Å². The molecule has 0 saturated carbocycles. The Morgan fingerprint density at radius 2 is 1.90 bits per heavy atom. The lowest BCUT2D eigenvalue weighted by Gasteiger charge is -2.10. The fraction of sp³-hybridized carbons (Fsp3) is 0.381. The summed E-state index contributed by atoms with van der Waals surface area (Å²) in [6.45, 7) is 8.39. The Morgan fingerprint density at radius 1 is 1.13 bits per heavy atom. The fourth-order valence-electron chi connectivity index (χ4n) is 2.68. The van der Waals surface area contributed by atoms with Gasteiger partial charge in [0.15, 0.2) is 5.96 Å². The van der Waals surface area contributed by atoms with Crippen LogP contribution in [0.4, 0.5) is 0 Å². The maximum atomic E-state index is 5.21. The minimum atomic E-state index is 0. The fourth-order valence-corrected chi connectivity index (χ4v) is 4.43. The van der Waals surface area contributed by atoms with Crippen molar-refractivity contribution in [1.82, 2.24) is 20.6 Å². The number of hydrogen-bond donors (Lipinski definition) is 2. The second-order valence-corrected chi connectivity index (χ2v) is 8.64. The summed E-state index contributed by atoms with van der Waals surface area (Å²) < 4.78 is 5.21. The van der Waals surface area contributed by atoms with Gasteiger partial charge in [-0.25, -0.2) is 15.0 Å². The number of ether oxygens (including phenoxy) is 1. The maximum absolute atomic E-state index is 5.21. The molecule has 0 radical (unpaired) electrons. The lowest BCUT2D eigenvalue weighted by atomic mass is 10.2. The van der Waals surface area contributed by atoms with Crippen LogP contribution in [0.1, 0.15) is 28.2 Å². The van der Waals surface area contributed by atoms with E-state index in [1.807, 2.05) is 24.3 Å². The topological polar surface area (TPSA) is 71.4 Å². The average Bonchev–Trinajstić information content (AvgIpc) is 3.33. The number of benzene rings is 1. The SMILES string of the molecule is CCNC(=NCc1csc(-c2ccc(OC)cc2)n1)NCCc1nc(C)c(C)s1.I. The van der Waals surface area contributed by atoms with Crippen molar-refractivity contribution in [3.8, 4) is 16.3 Å². The predicted molar refractivity (Wildman–Crippen MR) is 138 cm³/mol. The minimum absolute atomic E-state index is 0. The molecule has 0 spiro atoms. The first-order valence-corrected chi connectivity index (χ1v) is 11.3. The highest BCUT2D eigenvalue weighted by Crippen LogP contribution is 2.25. The minimum Gasteiger partial charge on any atom is -0.497 e. The summed E-state index contributed by atoms with van der Waals surface area (Å²) in [6.07, 6.45) is 0.891. The lowest BCUT2D eigenvalue weighted by Crippen LogP contribution is -2.38. The van der Waals surface area contributed by atoms with Gasteiger partial charge in [0, 0.05) is 35.3 Å². The summed E-state index contributed by atoms with van der Waals surface area (Å²) in [5.74, 6) is 1.65. The number of nitrogens with one attached hydrogen (secondary N) is 2. The van der Waals surface area contributed by atoms with Crippen LogP contribution in [0, 0.1) is 13.8 Å². The zero-order valence-electron chi connectivity index (χ0n) is 17.7. The van der Waals surface area contributed by atoms with Gasteiger partial charge in [0.1, 0.15) is 10.8 Å². The van der Waals surface area contributed by atoms with Gasteiger partial charge >= 0.3 is 0 Å². The molecule has 0 aliphatic carbocycles. The number of aryl methyl sites for hydroxylation is 2. The van der Waals surface area contributed by atoms with E-state index in [-0.39, 0.29) is 24.0 Å². The molecular formula is C21H28IN5OS2. The molecule has 30 heavy (non-hydrogen) atoms. The smallest absolute Gasteiger partial charge is 0.191 e. The molecule has 2 N–H and O–H groups in total. The third kappa shape index (κ3) is 6.92. The molecule has 0 bridgehead atoms. The first-order valence-electron chi connectivity index (χ1n) is 9.63. The first-order chi connectivity index (χ1) is 14.1. The van der Waals surface area contributed by atoms with Gasteiger partial charge in [-0.1, -0.05) is 0 Å². The number of aliphatic imine (C=N–C) groups is 1. The molecule has 2 aromatic heterocycles. The number of nitrogens with zero attached hydrogens (tertiary/aromatic N) is 3. The van der Waals surface area contributed by atoms with Crippen LogP contribution in [0.2, 0.25) is 0 Å². The van der Waals surface area contributed by atoms with E-state index in [0.717, 1.165) is 58.2 Å². The molecule has 162 valence electrons. The predicted octanol–water partition coefficient (Wildman–Crippen LogP) is 4.81. The number of guanidine groups is 1. The largest absolute Gasteiger partial charge is 0.497 e. The van der Waals surface area contributed by atoms with Crippen LogP contribution < -0.4 is 15.4 Å². The number of thiazole rings is 2. The van der Waals surface area contributed by atoms with Crippen LogP contribution in [0.3, 0.4) is 0 Å². The van der Waals surface area contributed by atoms with Gasteiger partial charge in [-0.2, -0.15) is 0 Å². The van der Waals surface area contributed by atoms with Crippen molar-refractivity contribution >= 4 is 52.6 Å². The second-order valence-electron chi connectivity index (χ2n) is 6.49. The lowest BCUT2D eigenvalue weighted by molar-refractivity contribution is 0.415. The highest BCUT2D eigenvalue weighted by atomic mass is 127. The number of rotatable bonds is 8. The summed E-state index contributed by atoms with van der Waals surface area (Å²) >= 11 is 3.40. The van der Waals surface area contributed by atoms with Crippen LogP contribution in [0.25, 0.3) is 10.6 Å². The normalized spacial score (nSPS) is 11.1. The number of aromatic nitrogens is 2. The first kappa shape index (κ1) is 24.5. The number of methoxy groups -OCH3 is 1. The highest BCUT2D eigenvalue weighted by Gasteiger charge is 2.07.